The zero-order valence-corrected chi connectivity index (χ0v) is 35.7. The van der Waals surface area contributed by atoms with Crippen molar-refractivity contribution in [2.45, 2.75) is 158 Å². The third kappa shape index (κ3) is 9.55. The number of rotatable bonds is 13. The highest BCUT2D eigenvalue weighted by Gasteiger charge is 2.76. The van der Waals surface area contributed by atoms with Gasteiger partial charge in [0, 0.05) is 11.1 Å². The molecule has 3 fully saturated rings. The summed E-state index contributed by atoms with van der Waals surface area (Å²) < 4.78 is 211. The molecule has 2 N–H and O–H groups in total. The van der Waals surface area contributed by atoms with Gasteiger partial charge >= 0.3 is 36.5 Å². The highest BCUT2D eigenvalue weighted by Crippen LogP contribution is 2.63. The number of aliphatic hydroxyl groups is 2. The van der Waals surface area contributed by atoms with Crippen molar-refractivity contribution in [1.82, 2.24) is 0 Å². The lowest BCUT2D eigenvalue weighted by atomic mass is 9.43. The minimum absolute atomic E-state index is 0.0228. The molecular weight excluding hydrogens is 880 g/mol. The van der Waals surface area contributed by atoms with E-state index >= 15 is 0 Å². The SMILES string of the molecule is CCC(CC(CC(C)c1ccc(C(O)(C(F)(F)F)C(F)(F)F)cc1)c1ccc(C(OC(=O)OC(C)(C)C)(C(F)(F)F)C(F)(F)F)cc1)S(=O)(=O)OC1CC2CC(C2(C)C)C1(C)O. The predicted molar refractivity (Wildman–Crippen MR) is 199 cm³/mol. The zero-order valence-electron chi connectivity index (χ0n) is 34.9. The first kappa shape index (κ1) is 51.3. The number of carbonyl (C=O) groups excluding carboxylic acids is 1. The molecule has 0 heterocycles. The van der Waals surface area contributed by atoms with E-state index in [0.29, 0.717) is 30.7 Å². The number of fused-ring (bicyclic) bond motifs is 2. The van der Waals surface area contributed by atoms with Gasteiger partial charge in [0.25, 0.3) is 15.7 Å². The van der Waals surface area contributed by atoms with Crippen LogP contribution in [-0.4, -0.2) is 72.0 Å². The predicted octanol–water partition coefficient (Wildman–Crippen LogP) is 11.2. The Bertz CT molecular complexity index is 1970. The van der Waals surface area contributed by atoms with Crippen LogP contribution < -0.4 is 0 Å². The Morgan fingerprint density at radius 2 is 1.21 bits per heavy atom. The Balaban J connectivity index is 1.78. The maximum absolute atomic E-state index is 14.6. The molecule has 3 saturated carbocycles. The minimum atomic E-state index is -6.32. The van der Waals surface area contributed by atoms with Crippen LogP contribution in [0.3, 0.4) is 0 Å². The van der Waals surface area contributed by atoms with Crippen LogP contribution in [0.15, 0.2) is 48.5 Å². The van der Waals surface area contributed by atoms with Gasteiger partial charge < -0.3 is 19.7 Å². The van der Waals surface area contributed by atoms with E-state index in [0.717, 1.165) is 24.3 Å². The largest absolute Gasteiger partial charge is 0.510 e. The maximum atomic E-state index is 14.6. The van der Waals surface area contributed by atoms with Gasteiger partial charge in [-0.3, -0.25) is 4.18 Å². The summed E-state index contributed by atoms with van der Waals surface area (Å²) in [6, 6.07) is 4.88. The van der Waals surface area contributed by atoms with Crippen LogP contribution in [0.4, 0.5) is 57.5 Å². The molecule has 2 bridgehead atoms. The van der Waals surface area contributed by atoms with Gasteiger partial charge in [-0.05, 0) is 100 Å². The van der Waals surface area contributed by atoms with Gasteiger partial charge in [0.05, 0.1) is 10.9 Å². The van der Waals surface area contributed by atoms with Crippen molar-refractivity contribution in [3.63, 3.8) is 0 Å². The van der Waals surface area contributed by atoms with Gasteiger partial charge in [0.15, 0.2) is 0 Å². The molecule has 7 unspecified atom stereocenters. The lowest BCUT2D eigenvalue weighted by Gasteiger charge is -2.64. The summed E-state index contributed by atoms with van der Waals surface area (Å²) >= 11 is 0. The highest BCUT2D eigenvalue weighted by atomic mass is 32.2. The first-order valence-corrected chi connectivity index (χ1v) is 21.0. The van der Waals surface area contributed by atoms with Crippen LogP contribution in [0, 0.1) is 17.3 Å². The first-order valence-electron chi connectivity index (χ1n) is 19.5. The van der Waals surface area contributed by atoms with Crippen LogP contribution in [0.1, 0.15) is 122 Å². The summed E-state index contributed by atoms with van der Waals surface area (Å²) in [7, 11) is -4.61. The van der Waals surface area contributed by atoms with Gasteiger partial charge in [-0.25, -0.2) is 4.79 Å². The molecule has 0 radical (unpaired) electrons. The van der Waals surface area contributed by atoms with E-state index in [4.69, 9.17) is 4.18 Å². The second kappa shape index (κ2) is 16.6. The molecule has 0 aliphatic heterocycles. The van der Waals surface area contributed by atoms with Gasteiger partial charge in [-0.15, -0.1) is 0 Å². The van der Waals surface area contributed by atoms with Gasteiger partial charge in [0.1, 0.15) is 11.7 Å². The Morgan fingerprint density at radius 3 is 1.61 bits per heavy atom. The first-order chi connectivity index (χ1) is 27.8. The molecule has 0 aromatic heterocycles. The smallest absolute Gasteiger partial charge is 0.429 e. The number of hydrogen-bond acceptors (Lipinski definition) is 8. The Kier molecular flexibility index (Phi) is 13.7. The minimum Gasteiger partial charge on any atom is -0.429 e. The quantitative estimate of drug-likeness (QED) is 0.116. The molecule has 2 aromatic carbocycles. The van der Waals surface area contributed by atoms with Gasteiger partial charge in [-0.2, -0.15) is 61.1 Å². The average molecular weight is 931 g/mol. The van der Waals surface area contributed by atoms with Crippen LogP contribution in [0.2, 0.25) is 0 Å². The molecule has 0 spiro atoms. The van der Waals surface area contributed by atoms with E-state index in [-0.39, 0.29) is 47.6 Å². The number of halogens is 12. The Hall–Kier alpha value is -3.30. The fourth-order valence-corrected chi connectivity index (χ4v) is 10.5. The number of alkyl halides is 12. The summed E-state index contributed by atoms with van der Waals surface area (Å²) in [6.07, 6.45) is -28.5. The molecule has 0 amide bonds. The molecule has 0 saturated heterocycles. The van der Waals surface area contributed by atoms with E-state index in [1.807, 2.05) is 13.8 Å². The van der Waals surface area contributed by atoms with Crippen LogP contribution in [-0.2, 0) is 35.0 Å². The fourth-order valence-electron chi connectivity index (χ4n) is 8.83. The van der Waals surface area contributed by atoms with Crippen LogP contribution in [0.5, 0.6) is 0 Å². The van der Waals surface area contributed by atoms with Crippen molar-refractivity contribution in [1.29, 1.82) is 0 Å². The zero-order chi connectivity index (χ0) is 47.7. The van der Waals surface area contributed by atoms with Crippen molar-refractivity contribution in [3.05, 3.63) is 70.8 Å². The Labute approximate surface area is 351 Å². The highest BCUT2D eigenvalue weighted by molar-refractivity contribution is 7.87. The molecule has 2 aromatic rings. The standard InChI is InChI=1S/C41H50F12O8S/c1-9-29(62(57,58)61-31-21-28-20-30(34(28,6)7)35(31,8)55)19-25(18-22(2)23-10-14-26(15-11-23)36(56,38(42,43)44)39(45,46)47)24-12-16-27(17-13-24)37(40(48,49)50,41(51,52)53)60-32(54)59-33(3,4)5/h10-17,22,25,28-31,55-56H,9,18-21H2,1-8H3. The molecule has 352 valence electrons. The van der Waals surface area contributed by atoms with E-state index < -0.39 is 104 Å². The summed E-state index contributed by atoms with van der Waals surface area (Å²) in [6.45, 7) is 11.7. The second-order valence-corrected chi connectivity index (χ2v) is 20.0. The third-order valence-electron chi connectivity index (χ3n) is 12.6. The molecule has 62 heavy (non-hydrogen) atoms. The second-order valence-electron chi connectivity index (χ2n) is 18.1. The lowest BCUT2D eigenvalue weighted by Crippen LogP contribution is -2.67. The van der Waals surface area contributed by atoms with Crippen molar-refractivity contribution >= 4 is 16.3 Å². The molecule has 21 heteroatoms. The molecule has 3 aliphatic rings. The van der Waals surface area contributed by atoms with E-state index in [1.54, 1.807) is 0 Å². The van der Waals surface area contributed by atoms with Crippen molar-refractivity contribution in [3.8, 4) is 0 Å². The summed E-state index contributed by atoms with van der Waals surface area (Å²) in [4.78, 5) is 12.4. The Morgan fingerprint density at radius 1 is 0.742 bits per heavy atom. The van der Waals surface area contributed by atoms with Gasteiger partial charge in [-0.1, -0.05) is 76.2 Å². The van der Waals surface area contributed by atoms with E-state index in [2.05, 4.69) is 9.47 Å². The van der Waals surface area contributed by atoms with E-state index in [9.17, 15) is 76.1 Å². The van der Waals surface area contributed by atoms with E-state index in [1.165, 1.54) is 41.5 Å². The lowest BCUT2D eigenvalue weighted by molar-refractivity contribution is -0.377. The van der Waals surface area contributed by atoms with Gasteiger partial charge in [0.2, 0.25) is 0 Å². The summed E-state index contributed by atoms with van der Waals surface area (Å²) in [5.74, 6) is -2.31. The monoisotopic (exact) mass is 930 g/mol. The summed E-state index contributed by atoms with van der Waals surface area (Å²) in [5, 5.41) is 19.9. The van der Waals surface area contributed by atoms with Crippen LogP contribution in [0.25, 0.3) is 0 Å². The maximum Gasteiger partial charge on any atom is 0.510 e. The molecule has 5 rings (SSSR count). The van der Waals surface area contributed by atoms with Crippen molar-refractivity contribution in [2.24, 2.45) is 17.3 Å². The molecular formula is C41H50F12O8S. The molecule has 3 aliphatic carbocycles. The average Bonchev–Trinajstić information content (AvgIpc) is 3.09. The third-order valence-corrected chi connectivity index (χ3v) is 14.4. The normalized spacial score (nSPS) is 24.1. The molecule has 8 nitrogen and oxygen atoms in total. The van der Waals surface area contributed by atoms with Crippen molar-refractivity contribution < 1.29 is 89.8 Å². The molecule has 7 atom stereocenters. The van der Waals surface area contributed by atoms with Crippen molar-refractivity contribution in [2.75, 3.05) is 0 Å². The number of benzene rings is 2. The van der Waals surface area contributed by atoms with Crippen LogP contribution >= 0.6 is 0 Å². The number of ether oxygens (including phenoxy) is 2. The number of hydrogen-bond donors (Lipinski definition) is 2. The number of carbonyl (C=O) groups is 1. The topological polar surface area (TPSA) is 119 Å². The fraction of sp³-hybridized carbons (Fsp3) is 0.683. The summed E-state index contributed by atoms with van der Waals surface area (Å²) in [5.41, 5.74) is -17.1.